The molecule has 0 aliphatic carbocycles. The predicted molar refractivity (Wildman–Crippen MR) is 160 cm³/mol. The number of aromatic nitrogens is 5. The molecule has 0 aliphatic rings. The highest BCUT2D eigenvalue weighted by Gasteiger charge is 2.19. The van der Waals surface area contributed by atoms with Crippen molar-refractivity contribution in [3.05, 3.63) is 121 Å². The molecule has 0 amide bonds. The molecule has 0 saturated carbocycles. The van der Waals surface area contributed by atoms with Crippen molar-refractivity contribution in [2.45, 2.75) is 13.5 Å². The normalized spacial score (nSPS) is 11.3. The predicted octanol–water partition coefficient (Wildman–Crippen LogP) is 7.67. The minimum Gasteiger partial charge on any atom is -0.497 e. The molecule has 0 saturated heterocycles. The second-order valence-corrected chi connectivity index (χ2v) is 9.92. The first-order chi connectivity index (χ1) is 19.7. The Labute approximate surface area is 231 Å². The first kappa shape index (κ1) is 23.9. The molecule has 0 spiro atoms. The van der Waals surface area contributed by atoms with Gasteiger partial charge in [-0.05, 0) is 47.7 Å². The first-order valence-corrected chi connectivity index (χ1v) is 13.3. The van der Waals surface area contributed by atoms with Gasteiger partial charge in [0, 0.05) is 40.0 Å². The molecular formula is C34H27N5O. The molecular weight excluding hydrogens is 494 g/mol. The molecule has 0 bridgehead atoms. The molecule has 40 heavy (non-hydrogen) atoms. The summed E-state index contributed by atoms with van der Waals surface area (Å²) < 4.78 is 7.40. The number of methoxy groups -OCH3 is 1. The van der Waals surface area contributed by atoms with Crippen LogP contribution in [0.2, 0.25) is 0 Å². The van der Waals surface area contributed by atoms with Gasteiger partial charge in [-0.2, -0.15) is 5.10 Å². The van der Waals surface area contributed by atoms with Crippen LogP contribution in [0.4, 0.5) is 0 Å². The van der Waals surface area contributed by atoms with Crippen molar-refractivity contribution in [2.75, 3.05) is 7.11 Å². The summed E-state index contributed by atoms with van der Waals surface area (Å²) in [6.07, 6.45) is 3.85. The second-order valence-electron chi connectivity index (χ2n) is 9.92. The molecule has 3 aromatic heterocycles. The fraction of sp³-hybridized carbons (Fsp3) is 0.0882. The van der Waals surface area contributed by atoms with Crippen LogP contribution in [0.3, 0.4) is 0 Å². The van der Waals surface area contributed by atoms with Crippen LogP contribution >= 0.6 is 0 Å². The summed E-state index contributed by atoms with van der Waals surface area (Å²) in [6.45, 7) is 2.68. The van der Waals surface area contributed by atoms with Gasteiger partial charge in [-0.25, -0.2) is 4.98 Å². The second kappa shape index (κ2) is 9.82. The van der Waals surface area contributed by atoms with E-state index in [9.17, 15) is 0 Å². The molecule has 7 rings (SSSR count). The molecule has 0 fully saturated rings. The van der Waals surface area contributed by atoms with Crippen molar-refractivity contribution in [2.24, 2.45) is 0 Å². The number of pyridine rings is 1. The van der Waals surface area contributed by atoms with E-state index in [2.05, 4.69) is 82.2 Å². The van der Waals surface area contributed by atoms with E-state index in [4.69, 9.17) is 14.8 Å². The number of benzene rings is 4. The minimum atomic E-state index is 0.626. The van der Waals surface area contributed by atoms with E-state index < -0.39 is 0 Å². The lowest BCUT2D eigenvalue weighted by molar-refractivity contribution is 0.414. The van der Waals surface area contributed by atoms with E-state index in [-0.39, 0.29) is 0 Å². The molecule has 7 aromatic rings. The van der Waals surface area contributed by atoms with Gasteiger partial charge >= 0.3 is 0 Å². The summed E-state index contributed by atoms with van der Waals surface area (Å²) in [7, 11) is 1.68. The average Bonchev–Trinajstić information content (AvgIpc) is 3.57. The third kappa shape index (κ3) is 4.20. The van der Waals surface area contributed by atoms with E-state index >= 15 is 0 Å². The SMILES string of the molecule is COc1ccc(Cn2nc(-c3nc(-c4ccccc4)c(C)[nH]3)c3cc(-c4cncc5ccccc45)ccc32)cc1. The number of H-pyrrole nitrogens is 1. The summed E-state index contributed by atoms with van der Waals surface area (Å²) in [5, 5.41) is 8.44. The van der Waals surface area contributed by atoms with Gasteiger partial charge in [0.05, 0.1) is 24.9 Å². The fourth-order valence-electron chi connectivity index (χ4n) is 5.34. The van der Waals surface area contributed by atoms with Crippen LogP contribution in [0.25, 0.3) is 55.6 Å². The maximum Gasteiger partial charge on any atom is 0.159 e. The van der Waals surface area contributed by atoms with Gasteiger partial charge in [-0.15, -0.1) is 0 Å². The van der Waals surface area contributed by atoms with E-state index in [0.717, 1.165) is 67.2 Å². The molecule has 0 radical (unpaired) electrons. The molecule has 1 N–H and O–H groups in total. The Morgan fingerprint density at radius 2 is 1.57 bits per heavy atom. The molecule has 3 heterocycles. The van der Waals surface area contributed by atoms with Crippen LogP contribution in [-0.2, 0) is 6.54 Å². The van der Waals surface area contributed by atoms with Gasteiger partial charge in [-0.3, -0.25) is 9.67 Å². The van der Waals surface area contributed by atoms with Crippen LogP contribution < -0.4 is 4.74 Å². The molecule has 0 aliphatic heterocycles. The lowest BCUT2D eigenvalue weighted by Crippen LogP contribution is -2.02. The van der Waals surface area contributed by atoms with E-state index in [1.807, 2.05) is 48.8 Å². The molecule has 0 unspecified atom stereocenters. The van der Waals surface area contributed by atoms with Crippen LogP contribution in [-0.4, -0.2) is 31.8 Å². The quantitative estimate of drug-likeness (QED) is 0.244. The number of nitrogens with zero attached hydrogens (tertiary/aromatic N) is 4. The summed E-state index contributed by atoms with van der Waals surface area (Å²) in [4.78, 5) is 13.1. The van der Waals surface area contributed by atoms with Crippen molar-refractivity contribution in [1.29, 1.82) is 0 Å². The van der Waals surface area contributed by atoms with Gasteiger partial charge in [0.1, 0.15) is 11.4 Å². The highest BCUT2D eigenvalue weighted by Crippen LogP contribution is 2.35. The zero-order chi connectivity index (χ0) is 27.1. The van der Waals surface area contributed by atoms with E-state index in [1.165, 1.54) is 5.39 Å². The molecule has 4 aromatic carbocycles. The number of nitrogens with one attached hydrogen (secondary N) is 1. The number of hydrogen-bond acceptors (Lipinski definition) is 4. The molecule has 0 atom stereocenters. The molecule has 6 nitrogen and oxygen atoms in total. The number of imidazole rings is 1. The minimum absolute atomic E-state index is 0.626. The van der Waals surface area contributed by atoms with Crippen molar-refractivity contribution >= 4 is 21.7 Å². The molecule has 6 heteroatoms. The Hall–Kier alpha value is -5.23. The monoisotopic (exact) mass is 521 g/mol. The summed E-state index contributed by atoms with van der Waals surface area (Å²) in [5.74, 6) is 1.59. The maximum atomic E-state index is 5.35. The van der Waals surface area contributed by atoms with Gasteiger partial charge in [0.25, 0.3) is 0 Å². The van der Waals surface area contributed by atoms with Gasteiger partial charge in [0.15, 0.2) is 5.82 Å². The van der Waals surface area contributed by atoms with Gasteiger partial charge < -0.3 is 9.72 Å². The number of hydrogen-bond donors (Lipinski definition) is 1. The van der Waals surface area contributed by atoms with Crippen molar-refractivity contribution < 1.29 is 4.74 Å². The number of rotatable bonds is 6. The fourth-order valence-corrected chi connectivity index (χ4v) is 5.34. The highest BCUT2D eigenvalue weighted by atomic mass is 16.5. The Morgan fingerprint density at radius 1 is 0.775 bits per heavy atom. The Kier molecular flexibility index (Phi) is 5.86. The number of ether oxygens (including phenoxy) is 1. The maximum absolute atomic E-state index is 5.35. The Morgan fingerprint density at radius 3 is 2.40 bits per heavy atom. The Bertz CT molecular complexity index is 1960. The largest absolute Gasteiger partial charge is 0.497 e. The summed E-state index contributed by atoms with van der Waals surface area (Å²) in [5.41, 5.74) is 8.20. The van der Waals surface area contributed by atoms with Gasteiger partial charge in [-0.1, -0.05) is 72.8 Å². The zero-order valence-electron chi connectivity index (χ0n) is 22.3. The third-order valence-electron chi connectivity index (χ3n) is 7.38. The van der Waals surface area contributed by atoms with Crippen LogP contribution in [0.5, 0.6) is 5.75 Å². The smallest absolute Gasteiger partial charge is 0.159 e. The lowest BCUT2D eigenvalue weighted by Gasteiger charge is -2.08. The number of aryl methyl sites for hydroxylation is 1. The van der Waals surface area contributed by atoms with Crippen molar-refractivity contribution in [3.63, 3.8) is 0 Å². The van der Waals surface area contributed by atoms with Crippen LogP contribution in [0.1, 0.15) is 11.3 Å². The van der Waals surface area contributed by atoms with Gasteiger partial charge in [0.2, 0.25) is 0 Å². The van der Waals surface area contributed by atoms with Crippen LogP contribution in [0, 0.1) is 6.92 Å². The molecule has 194 valence electrons. The topological polar surface area (TPSA) is 68.6 Å². The first-order valence-electron chi connectivity index (χ1n) is 13.3. The zero-order valence-corrected chi connectivity index (χ0v) is 22.3. The van der Waals surface area contributed by atoms with Crippen LogP contribution in [0.15, 0.2) is 109 Å². The number of fused-ring (bicyclic) bond motifs is 2. The third-order valence-corrected chi connectivity index (χ3v) is 7.38. The van der Waals surface area contributed by atoms with E-state index in [0.29, 0.717) is 6.54 Å². The van der Waals surface area contributed by atoms with E-state index in [1.54, 1.807) is 7.11 Å². The highest BCUT2D eigenvalue weighted by molar-refractivity contribution is 6.00. The average molecular weight is 522 g/mol. The lowest BCUT2D eigenvalue weighted by atomic mass is 9.99. The summed E-state index contributed by atoms with van der Waals surface area (Å²) in [6, 6.07) is 33.2. The standard InChI is InChI=1S/C34H27N5O/c1-22-32(24-8-4-3-5-9-24)37-34(36-22)33-29-18-25(30-20-35-19-26-10-6-7-11-28(26)30)14-17-31(29)39(38-33)21-23-12-15-27(40-2)16-13-23/h3-20H,21H2,1-2H3,(H,36,37). The number of aromatic amines is 1. The van der Waals surface area contributed by atoms with Crippen molar-refractivity contribution in [3.8, 4) is 39.7 Å². The van der Waals surface area contributed by atoms with Crippen molar-refractivity contribution in [1.82, 2.24) is 24.7 Å². The summed E-state index contributed by atoms with van der Waals surface area (Å²) >= 11 is 0. The Balaban J connectivity index is 1.40.